The zero-order valence-corrected chi connectivity index (χ0v) is 21.9. The van der Waals surface area contributed by atoms with Gasteiger partial charge in [0.05, 0.1) is 18.4 Å². The van der Waals surface area contributed by atoms with Crippen molar-refractivity contribution >= 4 is 18.0 Å². The van der Waals surface area contributed by atoms with E-state index < -0.39 is 23.6 Å². The Balaban J connectivity index is 1.54. The molecule has 2 amide bonds. The van der Waals surface area contributed by atoms with Crippen LogP contribution in [0, 0.1) is 5.92 Å². The van der Waals surface area contributed by atoms with Gasteiger partial charge in [-0.2, -0.15) is 0 Å². The van der Waals surface area contributed by atoms with Crippen molar-refractivity contribution in [1.82, 2.24) is 10.2 Å². The normalized spacial score (nSPS) is 17.5. The van der Waals surface area contributed by atoms with Crippen LogP contribution >= 0.6 is 0 Å². The van der Waals surface area contributed by atoms with Gasteiger partial charge in [0.15, 0.2) is 0 Å². The second kappa shape index (κ2) is 13.1. The SMILES string of the molecule is CC(C)(C)OC(=O)NCCc1cccc(OC[C@@H]2C[C@@H](CC(=O)O)C(=O)N2CCCc2ccccc2)c1. The number of likely N-dealkylation sites (tertiary alicyclic amines) is 1. The molecule has 2 aromatic rings. The molecule has 0 unspecified atom stereocenters. The van der Waals surface area contributed by atoms with Crippen LogP contribution < -0.4 is 10.1 Å². The summed E-state index contributed by atoms with van der Waals surface area (Å²) in [6.07, 6.45) is 2.12. The van der Waals surface area contributed by atoms with Crippen LogP contribution in [0.5, 0.6) is 5.75 Å². The van der Waals surface area contributed by atoms with Crippen LogP contribution in [0.25, 0.3) is 0 Å². The molecule has 0 spiro atoms. The van der Waals surface area contributed by atoms with Gasteiger partial charge in [-0.05, 0) is 69.7 Å². The number of nitrogens with one attached hydrogen (secondary N) is 1. The number of carbonyl (C=O) groups is 3. The van der Waals surface area contributed by atoms with Gasteiger partial charge in [-0.25, -0.2) is 4.79 Å². The first kappa shape index (κ1) is 28.0. The van der Waals surface area contributed by atoms with E-state index in [1.54, 1.807) is 4.90 Å². The molecule has 8 nitrogen and oxygen atoms in total. The minimum absolute atomic E-state index is 0.106. The number of nitrogens with zero attached hydrogens (tertiary/aromatic N) is 1. The Morgan fingerprint density at radius 1 is 1.05 bits per heavy atom. The Labute approximate surface area is 219 Å². The predicted octanol–water partition coefficient (Wildman–Crippen LogP) is 4.46. The van der Waals surface area contributed by atoms with E-state index in [1.165, 1.54) is 5.56 Å². The molecule has 0 saturated carbocycles. The van der Waals surface area contributed by atoms with Crippen LogP contribution in [-0.4, -0.2) is 59.3 Å². The van der Waals surface area contributed by atoms with Gasteiger partial charge in [0.2, 0.25) is 5.91 Å². The minimum Gasteiger partial charge on any atom is -0.491 e. The van der Waals surface area contributed by atoms with Crippen molar-refractivity contribution in [3.8, 4) is 5.75 Å². The molecule has 1 saturated heterocycles. The molecule has 37 heavy (non-hydrogen) atoms. The van der Waals surface area contributed by atoms with Crippen LogP contribution in [0.1, 0.15) is 51.2 Å². The van der Waals surface area contributed by atoms with Crippen LogP contribution in [0.3, 0.4) is 0 Å². The molecule has 1 aliphatic rings. The third-order valence-electron chi connectivity index (χ3n) is 6.18. The summed E-state index contributed by atoms with van der Waals surface area (Å²) >= 11 is 0. The van der Waals surface area contributed by atoms with E-state index in [9.17, 15) is 19.5 Å². The van der Waals surface area contributed by atoms with E-state index in [0.717, 1.165) is 18.4 Å². The first-order valence-electron chi connectivity index (χ1n) is 12.9. The van der Waals surface area contributed by atoms with Crippen LogP contribution in [-0.2, 0) is 27.2 Å². The maximum atomic E-state index is 13.0. The smallest absolute Gasteiger partial charge is 0.407 e. The van der Waals surface area contributed by atoms with Crippen molar-refractivity contribution in [3.63, 3.8) is 0 Å². The average Bonchev–Trinajstić information content (AvgIpc) is 3.11. The summed E-state index contributed by atoms with van der Waals surface area (Å²) in [6, 6.07) is 17.6. The maximum absolute atomic E-state index is 13.0. The van der Waals surface area contributed by atoms with Crippen molar-refractivity contribution in [2.45, 2.75) is 64.5 Å². The molecule has 1 heterocycles. The van der Waals surface area contributed by atoms with Gasteiger partial charge >= 0.3 is 12.1 Å². The number of benzene rings is 2. The fraction of sp³-hybridized carbons (Fsp3) is 0.483. The Kier molecular flexibility index (Phi) is 9.94. The summed E-state index contributed by atoms with van der Waals surface area (Å²) in [4.78, 5) is 37.9. The van der Waals surface area contributed by atoms with Gasteiger partial charge in [0.25, 0.3) is 0 Å². The van der Waals surface area contributed by atoms with E-state index in [0.29, 0.717) is 38.3 Å². The number of rotatable bonds is 12. The van der Waals surface area contributed by atoms with Crippen LogP contribution in [0.2, 0.25) is 0 Å². The van der Waals surface area contributed by atoms with E-state index in [-0.39, 0.29) is 18.4 Å². The van der Waals surface area contributed by atoms with Crippen molar-refractivity contribution in [2.75, 3.05) is 19.7 Å². The van der Waals surface area contributed by atoms with E-state index in [2.05, 4.69) is 17.4 Å². The Morgan fingerprint density at radius 2 is 1.78 bits per heavy atom. The Morgan fingerprint density at radius 3 is 2.49 bits per heavy atom. The molecule has 2 N–H and O–H groups in total. The maximum Gasteiger partial charge on any atom is 0.407 e. The van der Waals surface area contributed by atoms with Crippen molar-refractivity contribution in [2.24, 2.45) is 5.92 Å². The molecule has 0 aromatic heterocycles. The average molecular weight is 511 g/mol. The van der Waals surface area contributed by atoms with Gasteiger partial charge in [-0.3, -0.25) is 9.59 Å². The largest absolute Gasteiger partial charge is 0.491 e. The molecule has 1 aliphatic heterocycles. The molecular formula is C29H38N2O6. The summed E-state index contributed by atoms with van der Waals surface area (Å²) in [5.41, 5.74) is 1.67. The van der Waals surface area contributed by atoms with E-state index >= 15 is 0 Å². The number of carbonyl (C=O) groups excluding carboxylic acids is 2. The molecule has 0 aliphatic carbocycles. The number of hydrogen-bond donors (Lipinski definition) is 2. The fourth-order valence-electron chi connectivity index (χ4n) is 4.51. The molecule has 3 rings (SSSR count). The zero-order valence-electron chi connectivity index (χ0n) is 21.9. The first-order valence-corrected chi connectivity index (χ1v) is 12.9. The summed E-state index contributed by atoms with van der Waals surface area (Å²) in [5, 5.41) is 12.0. The highest BCUT2D eigenvalue weighted by Crippen LogP contribution is 2.29. The second-order valence-electron chi connectivity index (χ2n) is 10.4. The van der Waals surface area contributed by atoms with E-state index in [4.69, 9.17) is 9.47 Å². The highest BCUT2D eigenvalue weighted by Gasteiger charge is 2.40. The van der Waals surface area contributed by atoms with Gasteiger partial charge in [0, 0.05) is 13.1 Å². The van der Waals surface area contributed by atoms with Crippen LogP contribution in [0.4, 0.5) is 4.79 Å². The first-order chi connectivity index (χ1) is 17.6. The number of aliphatic carboxylic acids is 1. The molecule has 0 radical (unpaired) electrons. The summed E-state index contributed by atoms with van der Waals surface area (Å²) < 4.78 is 11.3. The lowest BCUT2D eigenvalue weighted by Gasteiger charge is -2.25. The number of hydrogen-bond acceptors (Lipinski definition) is 5. The summed E-state index contributed by atoms with van der Waals surface area (Å²) in [7, 11) is 0. The van der Waals surface area contributed by atoms with Crippen molar-refractivity contribution < 1.29 is 29.0 Å². The van der Waals surface area contributed by atoms with Crippen molar-refractivity contribution in [3.05, 3.63) is 65.7 Å². The summed E-state index contributed by atoms with van der Waals surface area (Å²) in [5.74, 6) is -0.913. The number of aryl methyl sites for hydroxylation is 1. The number of alkyl carbamates (subject to hydrolysis) is 1. The second-order valence-corrected chi connectivity index (χ2v) is 10.4. The fourth-order valence-corrected chi connectivity index (χ4v) is 4.51. The van der Waals surface area contributed by atoms with E-state index in [1.807, 2.05) is 63.2 Å². The molecule has 200 valence electrons. The van der Waals surface area contributed by atoms with Crippen molar-refractivity contribution in [1.29, 1.82) is 0 Å². The Bertz CT molecular complexity index is 1050. The quantitative estimate of drug-likeness (QED) is 0.437. The highest BCUT2D eigenvalue weighted by atomic mass is 16.6. The molecule has 2 atom stereocenters. The number of carboxylic acid groups (broad SMARTS) is 1. The van der Waals surface area contributed by atoms with Gasteiger partial charge in [-0.1, -0.05) is 42.5 Å². The number of ether oxygens (including phenoxy) is 2. The molecule has 8 heteroatoms. The lowest BCUT2D eigenvalue weighted by molar-refractivity contribution is -0.142. The Hall–Kier alpha value is -3.55. The number of carboxylic acids is 1. The zero-order chi connectivity index (χ0) is 26.8. The monoisotopic (exact) mass is 510 g/mol. The molecular weight excluding hydrogens is 472 g/mol. The van der Waals surface area contributed by atoms with Gasteiger partial charge in [-0.15, -0.1) is 0 Å². The lowest BCUT2D eigenvalue weighted by atomic mass is 10.0. The van der Waals surface area contributed by atoms with Crippen LogP contribution in [0.15, 0.2) is 54.6 Å². The molecule has 0 bridgehead atoms. The summed E-state index contributed by atoms with van der Waals surface area (Å²) in [6.45, 7) is 6.75. The lowest BCUT2D eigenvalue weighted by Crippen LogP contribution is -2.38. The highest BCUT2D eigenvalue weighted by molar-refractivity contribution is 5.85. The predicted molar refractivity (Wildman–Crippen MR) is 141 cm³/mol. The third kappa shape index (κ3) is 9.44. The number of amides is 2. The molecule has 1 fully saturated rings. The standard InChI is InChI=1S/C29H38N2O6/c1-29(2,3)37-28(35)30-15-14-22-11-7-13-25(17-22)36-20-24-18-23(19-26(32)33)27(34)31(24)16-8-12-21-9-5-4-6-10-21/h4-7,9-11,13,17,23-24H,8,12,14-16,18-20H2,1-3H3,(H,30,35)(H,32,33)/t23-,24-/m0/s1. The molecule has 2 aromatic carbocycles. The van der Waals surface area contributed by atoms with Gasteiger partial charge in [0.1, 0.15) is 18.0 Å². The third-order valence-corrected chi connectivity index (χ3v) is 6.18. The minimum atomic E-state index is -0.961. The topological polar surface area (TPSA) is 105 Å². The van der Waals surface area contributed by atoms with Gasteiger partial charge < -0.3 is 24.8 Å².